The Morgan fingerprint density at radius 2 is 0.981 bits per heavy atom. The maximum absolute atomic E-state index is 2.55. The maximum atomic E-state index is 2.55. The first-order chi connectivity index (χ1) is 26.6. The van der Waals surface area contributed by atoms with Gasteiger partial charge < -0.3 is 14.0 Å². The summed E-state index contributed by atoms with van der Waals surface area (Å²) in [5.74, 6) is 0. The average molecular weight is 692 g/mol. The first-order valence-corrected chi connectivity index (χ1v) is 18.8. The van der Waals surface area contributed by atoms with Gasteiger partial charge in [0.1, 0.15) is 0 Å². The van der Waals surface area contributed by atoms with Crippen molar-refractivity contribution in [1.82, 2.24) is 9.13 Å². The topological polar surface area (TPSA) is 13.1 Å². The molecule has 2 heterocycles. The molecule has 0 spiro atoms. The molecule has 0 radical (unpaired) electrons. The second-order valence-electron chi connectivity index (χ2n) is 15.0. The standard InChI is InChI=1S/C51H37N3/c1-51(2)45-24-14-12-22-39(45)41-28-29-42-44-32-37(52(34-16-6-3-7-17-34)35-18-8-4-9-19-35)26-31-48(44)54(50(42)49(41)51)38-27-30-47-43(33-38)40-23-13-15-25-46(40)53(47)36-20-10-5-11-21-36/h3-33H,1-2H3. The van der Waals surface area contributed by atoms with Gasteiger partial charge >= 0.3 is 0 Å². The summed E-state index contributed by atoms with van der Waals surface area (Å²) in [6, 6.07) is 68.7. The molecule has 0 bridgehead atoms. The molecule has 1 aliphatic carbocycles. The first kappa shape index (κ1) is 30.8. The number of hydrogen-bond acceptors (Lipinski definition) is 1. The van der Waals surface area contributed by atoms with Crippen LogP contribution in [0.4, 0.5) is 17.1 Å². The van der Waals surface area contributed by atoms with Gasteiger partial charge in [-0.2, -0.15) is 0 Å². The van der Waals surface area contributed by atoms with E-state index in [1.807, 2.05) is 0 Å². The van der Waals surface area contributed by atoms with E-state index >= 15 is 0 Å². The molecule has 0 amide bonds. The molecule has 0 atom stereocenters. The van der Waals surface area contributed by atoms with E-state index in [1.54, 1.807) is 0 Å². The van der Waals surface area contributed by atoms with Crippen molar-refractivity contribution < 1.29 is 0 Å². The fraction of sp³-hybridized carbons (Fsp3) is 0.0588. The molecule has 3 heteroatoms. The summed E-state index contributed by atoms with van der Waals surface area (Å²) in [7, 11) is 0. The van der Waals surface area contributed by atoms with E-state index in [0.29, 0.717) is 0 Å². The highest BCUT2D eigenvalue weighted by Crippen LogP contribution is 2.53. The molecule has 54 heavy (non-hydrogen) atoms. The molecule has 0 fully saturated rings. The predicted molar refractivity (Wildman–Crippen MR) is 227 cm³/mol. The van der Waals surface area contributed by atoms with E-state index in [4.69, 9.17) is 0 Å². The van der Waals surface area contributed by atoms with Crippen molar-refractivity contribution >= 4 is 60.7 Å². The van der Waals surface area contributed by atoms with Crippen LogP contribution in [0.15, 0.2) is 188 Å². The highest BCUT2D eigenvalue weighted by molar-refractivity contribution is 6.15. The van der Waals surface area contributed by atoms with E-state index in [2.05, 4.69) is 216 Å². The van der Waals surface area contributed by atoms with Crippen molar-refractivity contribution in [2.45, 2.75) is 19.3 Å². The molecule has 0 aliphatic heterocycles. The number of rotatable bonds is 5. The summed E-state index contributed by atoms with van der Waals surface area (Å²) < 4.78 is 4.94. The Bertz CT molecular complexity index is 3020. The summed E-state index contributed by atoms with van der Waals surface area (Å²) in [5.41, 5.74) is 15.8. The molecule has 2 aromatic heterocycles. The lowest BCUT2D eigenvalue weighted by Crippen LogP contribution is -2.16. The van der Waals surface area contributed by atoms with E-state index in [1.165, 1.54) is 71.6 Å². The number of hydrogen-bond donors (Lipinski definition) is 0. The lowest BCUT2D eigenvalue weighted by atomic mass is 9.81. The van der Waals surface area contributed by atoms with Crippen LogP contribution in [0.2, 0.25) is 0 Å². The molecule has 0 unspecified atom stereocenters. The minimum absolute atomic E-state index is 0.187. The number of para-hydroxylation sites is 4. The van der Waals surface area contributed by atoms with Crippen molar-refractivity contribution in [3.8, 4) is 22.5 Å². The highest BCUT2D eigenvalue weighted by atomic mass is 15.1. The highest BCUT2D eigenvalue weighted by Gasteiger charge is 2.38. The van der Waals surface area contributed by atoms with Gasteiger partial charge in [-0.3, -0.25) is 0 Å². The molecular formula is C51H37N3. The second kappa shape index (κ2) is 11.6. The van der Waals surface area contributed by atoms with Gasteiger partial charge in [-0.1, -0.05) is 123 Å². The first-order valence-electron chi connectivity index (χ1n) is 18.8. The Morgan fingerprint density at radius 3 is 1.74 bits per heavy atom. The Labute approximate surface area is 314 Å². The molecule has 256 valence electrons. The summed E-state index contributed by atoms with van der Waals surface area (Å²) >= 11 is 0. The maximum Gasteiger partial charge on any atom is 0.0588 e. The number of aromatic nitrogens is 2. The zero-order valence-corrected chi connectivity index (χ0v) is 30.2. The molecule has 11 rings (SSSR count). The summed E-state index contributed by atoms with van der Waals surface area (Å²) in [5, 5.41) is 4.99. The van der Waals surface area contributed by atoms with Crippen molar-refractivity contribution in [3.05, 3.63) is 199 Å². The van der Waals surface area contributed by atoms with Gasteiger partial charge in [0, 0.05) is 55.4 Å². The predicted octanol–water partition coefficient (Wildman–Crippen LogP) is 13.7. The smallest absolute Gasteiger partial charge is 0.0588 e. The van der Waals surface area contributed by atoms with Crippen LogP contribution in [0.1, 0.15) is 25.0 Å². The Balaban J connectivity index is 1.23. The van der Waals surface area contributed by atoms with E-state index in [0.717, 1.165) is 22.7 Å². The van der Waals surface area contributed by atoms with Crippen molar-refractivity contribution in [1.29, 1.82) is 0 Å². The molecule has 3 nitrogen and oxygen atoms in total. The van der Waals surface area contributed by atoms with Gasteiger partial charge in [-0.25, -0.2) is 0 Å². The van der Waals surface area contributed by atoms with Gasteiger partial charge in [0.25, 0.3) is 0 Å². The van der Waals surface area contributed by atoms with Crippen LogP contribution in [0, 0.1) is 0 Å². The third-order valence-electron chi connectivity index (χ3n) is 11.6. The van der Waals surface area contributed by atoms with Crippen LogP contribution in [-0.2, 0) is 5.41 Å². The van der Waals surface area contributed by atoms with Gasteiger partial charge in [-0.15, -0.1) is 0 Å². The minimum atomic E-state index is -0.187. The van der Waals surface area contributed by atoms with E-state index in [9.17, 15) is 0 Å². The Hall–Kier alpha value is -6.84. The summed E-state index contributed by atoms with van der Waals surface area (Å²) in [6.45, 7) is 4.79. The normalized spacial score (nSPS) is 13.1. The SMILES string of the molecule is CC1(C)c2ccccc2-c2ccc3c4cc(N(c5ccccc5)c5ccccc5)ccc4n(-c4ccc5c(c4)c4ccccc4n5-c4ccccc4)c3c21. The zero-order chi connectivity index (χ0) is 36.0. The number of benzene rings is 8. The van der Waals surface area contributed by atoms with Crippen LogP contribution in [0.5, 0.6) is 0 Å². The number of anilines is 3. The number of nitrogens with zero attached hydrogens (tertiary/aromatic N) is 3. The molecule has 8 aromatic carbocycles. The fourth-order valence-corrected chi connectivity index (χ4v) is 9.31. The molecule has 0 saturated heterocycles. The zero-order valence-electron chi connectivity index (χ0n) is 30.2. The van der Waals surface area contributed by atoms with Crippen molar-refractivity contribution in [3.63, 3.8) is 0 Å². The largest absolute Gasteiger partial charge is 0.310 e. The van der Waals surface area contributed by atoms with Crippen LogP contribution >= 0.6 is 0 Å². The van der Waals surface area contributed by atoms with E-state index in [-0.39, 0.29) is 5.41 Å². The number of fused-ring (bicyclic) bond motifs is 10. The molecule has 10 aromatic rings. The van der Waals surface area contributed by atoms with Gasteiger partial charge in [0.2, 0.25) is 0 Å². The van der Waals surface area contributed by atoms with Crippen molar-refractivity contribution in [2.75, 3.05) is 4.90 Å². The lowest BCUT2D eigenvalue weighted by Gasteiger charge is -2.25. The molecule has 0 saturated carbocycles. The van der Waals surface area contributed by atoms with Crippen molar-refractivity contribution in [2.24, 2.45) is 0 Å². The molecule has 1 aliphatic rings. The Morgan fingerprint density at radius 1 is 0.389 bits per heavy atom. The minimum Gasteiger partial charge on any atom is -0.310 e. The third-order valence-corrected chi connectivity index (χ3v) is 11.6. The average Bonchev–Trinajstić information content (AvgIpc) is 3.82. The van der Waals surface area contributed by atoms with Crippen LogP contribution < -0.4 is 4.90 Å². The van der Waals surface area contributed by atoms with Gasteiger partial charge in [0.05, 0.1) is 22.1 Å². The van der Waals surface area contributed by atoms with E-state index < -0.39 is 0 Å². The van der Waals surface area contributed by atoms with Crippen LogP contribution in [-0.4, -0.2) is 9.13 Å². The molecule has 0 N–H and O–H groups in total. The third kappa shape index (κ3) is 4.36. The van der Waals surface area contributed by atoms with Crippen LogP contribution in [0.3, 0.4) is 0 Å². The van der Waals surface area contributed by atoms with Gasteiger partial charge in [0.15, 0.2) is 0 Å². The quantitative estimate of drug-likeness (QED) is 0.175. The monoisotopic (exact) mass is 691 g/mol. The lowest BCUT2D eigenvalue weighted by molar-refractivity contribution is 0.664. The Kier molecular flexibility index (Phi) is 6.60. The second-order valence-corrected chi connectivity index (χ2v) is 15.0. The summed E-state index contributed by atoms with van der Waals surface area (Å²) in [4.78, 5) is 2.36. The molecular weight excluding hydrogens is 655 g/mol. The van der Waals surface area contributed by atoms with Crippen LogP contribution in [0.25, 0.3) is 66.1 Å². The van der Waals surface area contributed by atoms with Gasteiger partial charge in [-0.05, 0) is 101 Å². The fourth-order valence-electron chi connectivity index (χ4n) is 9.31. The summed E-state index contributed by atoms with van der Waals surface area (Å²) in [6.07, 6.45) is 0.